The lowest BCUT2D eigenvalue weighted by Crippen LogP contribution is -2.52. The number of hydrogen-bond donors (Lipinski definition) is 0. The van der Waals surface area contributed by atoms with Crippen LogP contribution in [0.4, 0.5) is 4.79 Å². The Morgan fingerprint density at radius 1 is 1.36 bits per heavy atom. The number of likely N-dealkylation sites (tertiary alicyclic amines) is 1. The average molecular weight is 311 g/mol. The molecule has 22 heavy (non-hydrogen) atoms. The monoisotopic (exact) mass is 311 g/mol. The summed E-state index contributed by atoms with van der Waals surface area (Å²) in [6, 6.07) is -0.0814. The van der Waals surface area contributed by atoms with Gasteiger partial charge in [-0.1, -0.05) is 5.57 Å². The van der Waals surface area contributed by atoms with Gasteiger partial charge in [0.25, 0.3) is 0 Å². The molecule has 2 atom stereocenters. The number of hydrogen-bond acceptors (Lipinski definition) is 4. The lowest BCUT2D eigenvalue weighted by molar-refractivity contribution is -0.157. The Morgan fingerprint density at radius 3 is 2.36 bits per heavy atom. The predicted molar refractivity (Wildman–Crippen MR) is 85.5 cm³/mol. The van der Waals surface area contributed by atoms with E-state index in [0.29, 0.717) is 25.8 Å². The number of rotatable bonds is 3. The maximum absolute atomic E-state index is 12.3. The number of esters is 1. The lowest BCUT2D eigenvalue weighted by Gasteiger charge is -2.44. The van der Waals surface area contributed by atoms with Crippen molar-refractivity contribution >= 4 is 12.1 Å². The molecule has 1 rings (SSSR count). The molecular formula is C17H29NO4. The molecule has 0 radical (unpaired) electrons. The van der Waals surface area contributed by atoms with Crippen LogP contribution in [0.5, 0.6) is 0 Å². The Kier molecular flexibility index (Phi) is 5.65. The van der Waals surface area contributed by atoms with E-state index in [2.05, 4.69) is 6.58 Å². The third-order valence-corrected chi connectivity index (χ3v) is 3.94. The number of nitrogens with zero attached hydrogens (tertiary/aromatic N) is 1. The average Bonchev–Trinajstić information content (AvgIpc) is 2.34. The molecule has 1 heterocycles. The number of amides is 1. The van der Waals surface area contributed by atoms with Gasteiger partial charge >= 0.3 is 12.1 Å². The highest BCUT2D eigenvalue weighted by atomic mass is 16.6. The molecule has 0 aromatic carbocycles. The van der Waals surface area contributed by atoms with Gasteiger partial charge in [0.05, 0.1) is 12.5 Å². The van der Waals surface area contributed by atoms with Crippen LogP contribution >= 0.6 is 0 Å². The van der Waals surface area contributed by atoms with Crippen LogP contribution < -0.4 is 0 Å². The molecule has 0 aliphatic carbocycles. The van der Waals surface area contributed by atoms with Crippen LogP contribution in [0.1, 0.15) is 53.9 Å². The van der Waals surface area contributed by atoms with Gasteiger partial charge in [0.2, 0.25) is 0 Å². The molecule has 1 fully saturated rings. The van der Waals surface area contributed by atoms with Crippen LogP contribution in [0.3, 0.4) is 0 Å². The first-order valence-corrected chi connectivity index (χ1v) is 7.73. The fraction of sp³-hybridized carbons (Fsp3) is 0.765. The van der Waals surface area contributed by atoms with E-state index < -0.39 is 11.0 Å². The number of carbonyl (C=O) groups excluding carboxylic acids is 2. The van der Waals surface area contributed by atoms with Gasteiger partial charge in [-0.2, -0.15) is 0 Å². The van der Waals surface area contributed by atoms with E-state index in [-0.39, 0.29) is 18.1 Å². The van der Waals surface area contributed by atoms with E-state index in [1.165, 1.54) is 7.11 Å². The quantitative estimate of drug-likeness (QED) is 0.591. The number of methoxy groups -OCH3 is 1. The summed E-state index contributed by atoms with van der Waals surface area (Å²) in [6.45, 7) is 13.8. The molecule has 0 spiro atoms. The number of allylic oxidation sites excluding steroid dienone is 1. The maximum atomic E-state index is 12.3. The van der Waals surface area contributed by atoms with E-state index in [0.717, 1.165) is 5.57 Å². The molecule has 0 aromatic heterocycles. The van der Waals surface area contributed by atoms with Gasteiger partial charge in [-0.25, -0.2) is 4.79 Å². The fourth-order valence-corrected chi connectivity index (χ4v) is 3.14. The molecule has 5 heteroatoms. The summed E-state index contributed by atoms with van der Waals surface area (Å²) in [5.41, 5.74) is -0.160. The highest BCUT2D eigenvalue weighted by Crippen LogP contribution is 2.41. The fourth-order valence-electron chi connectivity index (χ4n) is 3.14. The van der Waals surface area contributed by atoms with E-state index in [9.17, 15) is 9.59 Å². The van der Waals surface area contributed by atoms with Crippen molar-refractivity contribution in [2.24, 2.45) is 5.41 Å². The van der Waals surface area contributed by atoms with E-state index in [1.807, 2.05) is 34.6 Å². The highest BCUT2D eigenvalue weighted by molar-refractivity contribution is 5.78. The summed E-state index contributed by atoms with van der Waals surface area (Å²) >= 11 is 0. The molecule has 0 bridgehead atoms. The SMILES string of the molecule is C=C(C)CC1(C(=O)OC)CCN(C(=O)OC(C)(C)C)[C@H](C)C1. The third-order valence-electron chi connectivity index (χ3n) is 3.94. The van der Waals surface area contributed by atoms with Crippen molar-refractivity contribution in [3.05, 3.63) is 12.2 Å². The minimum atomic E-state index is -0.585. The normalized spacial score (nSPS) is 25.5. The van der Waals surface area contributed by atoms with Crippen LogP contribution in [0, 0.1) is 5.41 Å². The van der Waals surface area contributed by atoms with Crippen molar-refractivity contribution in [3.63, 3.8) is 0 Å². The second-order valence-corrected chi connectivity index (χ2v) is 7.38. The van der Waals surface area contributed by atoms with Gasteiger partial charge in [-0.05, 0) is 53.9 Å². The van der Waals surface area contributed by atoms with E-state index >= 15 is 0 Å². The molecule has 126 valence electrons. The van der Waals surface area contributed by atoms with Gasteiger partial charge in [0.15, 0.2) is 0 Å². The van der Waals surface area contributed by atoms with Gasteiger partial charge in [-0.15, -0.1) is 6.58 Å². The predicted octanol–water partition coefficient (Wildman–Crippen LogP) is 3.53. The summed E-state index contributed by atoms with van der Waals surface area (Å²) in [7, 11) is 1.41. The Bertz CT molecular complexity index is 452. The molecule has 1 aliphatic heterocycles. The summed E-state index contributed by atoms with van der Waals surface area (Å²) in [5.74, 6) is -0.216. The van der Waals surface area contributed by atoms with Crippen LogP contribution in [0.2, 0.25) is 0 Å². The molecular weight excluding hydrogens is 282 g/mol. The Hall–Kier alpha value is -1.52. The van der Waals surface area contributed by atoms with Gasteiger partial charge in [-0.3, -0.25) is 4.79 Å². The van der Waals surface area contributed by atoms with Gasteiger partial charge in [0.1, 0.15) is 5.60 Å². The van der Waals surface area contributed by atoms with Crippen molar-refractivity contribution in [1.29, 1.82) is 0 Å². The molecule has 0 aromatic rings. The van der Waals surface area contributed by atoms with Crippen molar-refractivity contribution in [1.82, 2.24) is 4.90 Å². The standard InChI is InChI=1S/C17H29NO4/c1-12(2)10-17(14(19)21-7)8-9-18(13(3)11-17)15(20)22-16(4,5)6/h13H,1,8-11H2,2-7H3/t13-,17?/m1/s1. The number of ether oxygens (including phenoxy) is 2. The third kappa shape index (κ3) is 4.49. The zero-order valence-electron chi connectivity index (χ0n) is 14.7. The molecule has 1 amide bonds. The molecule has 0 saturated carbocycles. The Labute approximate surface area is 133 Å². The van der Waals surface area contributed by atoms with Crippen LogP contribution in [-0.2, 0) is 14.3 Å². The first-order valence-electron chi connectivity index (χ1n) is 7.73. The topological polar surface area (TPSA) is 55.8 Å². The lowest BCUT2D eigenvalue weighted by atomic mass is 9.71. The smallest absolute Gasteiger partial charge is 0.410 e. The van der Waals surface area contributed by atoms with Crippen LogP contribution in [0.25, 0.3) is 0 Å². The zero-order valence-corrected chi connectivity index (χ0v) is 14.7. The molecule has 0 N–H and O–H groups in total. The van der Waals surface area contributed by atoms with Crippen LogP contribution in [-0.4, -0.2) is 42.3 Å². The van der Waals surface area contributed by atoms with Crippen molar-refractivity contribution < 1.29 is 19.1 Å². The van der Waals surface area contributed by atoms with Gasteiger partial charge in [0, 0.05) is 12.6 Å². The first kappa shape index (κ1) is 18.5. The van der Waals surface area contributed by atoms with E-state index in [1.54, 1.807) is 4.90 Å². The van der Waals surface area contributed by atoms with Gasteiger partial charge < -0.3 is 14.4 Å². The molecule has 1 aliphatic rings. The first-order chi connectivity index (χ1) is 10.0. The molecule has 5 nitrogen and oxygen atoms in total. The molecule has 1 saturated heterocycles. The van der Waals surface area contributed by atoms with Crippen molar-refractivity contribution in [3.8, 4) is 0 Å². The summed E-state index contributed by atoms with van der Waals surface area (Å²) in [4.78, 5) is 26.2. The minimum Gasteiger partial charge on any atom is -0.469 e. The summed E-state index contributed by atoms with van der Waals surface area (Å²) in [6.07, 6.45) is 1.39. The number of carbonyl (C=O) groups is 2. The number of piperidine rings is 1. The Balaban J connectivity index is 2.87. The van der Waals surface area contributed by atoms with Crippen molar-refractivity contribution in [2.45, 2.75) is 65.5 Å². The Morgan fingerprint density at radius 2 is 1.95 bits per heavy atom. The highest BCUT2D eigenvalue weighted by Gasteiger charge is 2.46. The summed E-state index contributed by atoms with van der Waals surface area (Å²) in [5, 5.41) is 0. The second-order valence-electron chi connectivity index (χ2n) is 7.38. The largest absolute Gasteiger partial charge is 0.469 e. The van der Waals surface area contributed by atoms with Crippen molar-refractivity contribution in [2.75, 3.05) is 13.7 Å². The zero-order chi connectivity index (χ0) is 17.1. The summed E-state index contributed by atoms with van der Waals surface area (Å²) < 4.78 is 10.4. The maximum Gasteiger partial charge on any atom is 0.410 e. The van der Waals surface area contributed by atoms with E-state index in [4.69, 9.17) is 9.47 Å². The van der Waals surface area contributed by atoms with Crippen LogP contribution in [0.15, 0.2) is 12.2 Å². The minimum absolute atomic E-state index is 0.0814. The second kappa shape index (κ2) is 6.71. The molecule has 1 unspecified atom stereocenters.